The smallest absolute Gasteiger partial charge is 0.328 e. The Bertz CT molecular complexity index is 820. The number of carbonyl (C=O) groups excluding carboxylic acids is 2. The SMILES string of the molecule is C#CCCC[C@@H](NC(=O)C1c2ccccc2-c2ccccc21)C(=O)OC. The molecular weight excluding hydrogens is 326 g/mol. The first-order valence-corrected chi connectivity index (χ1v) is 8.67. The Labute approximate surface area is 153 Å². The van der Waals surface area contributed by atoms with Crippen molar-refractivity contribution >= 4 is 11.9 Å². The zero-order valence-electron chi connectivity index (χ0n) is 14.7. The summed E-state index contributed by atoms with van der Waals surface area (Å²) in [4.78, 5) is 25.1. The van der Waals surface area contributed by atoms with Crippen molar-refractivity contribution in [3.63, 3.8) is 0 Å². The molecule has 1 N–H and O–H groups in total. The fraction of sp³-hybridized carbons (Fsp3) is 0.273. The Morgan fingerprint density at radius 3 is 2.23 bits per heavy atom. The number of benzene rings is 2. The van der Waals surface area contributed by atoms with E-state index in [9.17, 15) is 9.59 Å². The van der Waals surface area contributed by atoms with E-state index >= 15 is 0 Å². The molecule has 0 saturated heterocycles. The summed E-state index contributed by atoms with van der Waals surface area (Å²) in [5.41, 5.74) is 4.03. The van der Waals surface area contributed by atoms with Crippen molar-refractivity contribution in [2.75, 3.05) is 7.11 Å². The van der Waals surface area contributed by atoms with Crippen molar-refractivity contribution in [3.8, 4) is 23.5 Å². The van der Waals surface area contributed by atoms with E-state index in [1.807, 2.05) is 48.5 Å². The van der Waals surface area contributed by atoms with Crippen molar-refractivity contribution in [1.29, 1.82) is 0 Å². The largest absolute Gasteiger partial charge is 0.467 e. The Balaban J connectivity index is 1.87. The van der Waals surface area contributed by atoms with E-state index in [1.54, 1.807) is 0 Å². The summed E-state index contributed by atoms with van der Waals surface area (Å²) < 4.78 is 4.84. The second-order valence-corrected chi connectivity index (χ2v) is 6.29. The second-order valence-electron chi connectivity index (χ2n) is 6.29. The van der Waals surface area contributed by atoms with Crippen LogP contribution in [0.25, 0.3) is 11.1 Å². The van der Waals surface area contributed by atoms with Crippen LogP contribution in [0.1, 0.15) is 36.3 Å². The number of hydrogen-bond donors (Lipinski definition) is 1. The number of fused-ring (bicyclic) bond motifs is 3. The number of hydrogen-bond acceptors (Lipinski definition) is 3. The van der Waals surface area contributed by atoms with Gasteiger partial charge in [-0.3, -0.25) is 4.79 Å². The molecule has 1 aliphatic rings. The van der Waals surface area contributed by atoms with Gasteiger partial charge in [-0.1, -0.05) is 48.5 Å². The summed E-state index contributed by atoms with van der Waals surface area (Å²) in [5.74, 6) is 1.48. The van der Waals surface area contributed by atoms with Crippen molar-refractivity contribution in [2.45, 2.75) is 31.2 Å². The summed E-state index contributed by atoms with van der Waals surface area (Å²) in [6, 6.07) is 15.1. The molecule has 26 heavy (non-hydrogen) atoms. The molecular formula is C22H21NO3. The third-order valence-electron chi connectivity index (χ3n) is 4.71. The third-order valence-corrected chi connectivity index (χ3v) is 4.71. The van der Waals surface area contributed by atoms with E-state index in [1.165, 1.54) is 7.11 Å². The van der Waals surface area contributed by atoms with E-state index in [0.717, 1.165) is 22.3 Å². The minimum absolute atomic E-state index is 0.196. The molecule has 0 aliphatic heterocycles. The zero-order chi connectivity index (χ0) is 18.5. The Morgan fingerprint density at radius 2 is 1.69 bits per heavy atom. The van der Waals surface area contributed by atoms with Gasteiger partial charge >= 0.3 is 5.97 Å². The highest BCUT2D eigenvalue weighted by Gasteiger charge is 2.35. The Morgan fingerprint density at radius 1 is 1.12 bits per heavy atom. The van der Waals surface area contributed by atoms with Gasteiger partial charge in [-0.05, 0) is 35.1 Å². The maximum Gasteiger partial charge on any atom is 0.328 e. The lowest BCUT2D eigenvalue weighted by Gasteiger charge is -2.20. The number of nitrogens with one attached hydrogen (secondary N) is 1. The second kappa shape index (κ2) is 7.88. The molecule has 4 heteroatoms. The average molecular weight is 347 g/mol. The minimum Gasteiger partial charge on any atom is -0.467 e. The van der Waals surface area contributed by atoms with Crippen molar-refractivity contribution in [3.05, 3.63) is 59.7 Å². The van der Waals surface area contributed by atoms with E-state index in [2.05, 4.69) is 11.2 Å². The van der Waals surface area contributed by atoms with Gasteiger partial charge in [0.2, 0.25) is 5.91 Å². The number of terminal acetylenes is 1. The number of ether oxygens (including phenoxy) is 1. The highest BCUT2D eigenvalue weighted by molar-refractivity contribution is 5.97. The minimum atomic E-state index is -0.694. The Hall–Kier alpha value is -3.06. The van der Waals surface area contributed by atoms with Gasteiger partial charge in [0.05, 0.1) is 13.0 Å². The average Bonchev–Trinajstić information content (AvgIpc) is 3.01. The maximum atomic E-state index is 13.1. The van der Waals surface area contributed by atoms with Gasteiger partial charge in [-0.15, -0.1) is 12.3 Å². The highest BCUT2D eigenvalue weighted by Crippen LogP contribution is 2.44. The van der Waals surface area contributed by atoms with Gasteiger partial charge in [0, 0.05) is 6.42 Å². The van der Waals surface area contributed by atoms with Gasteiger partial charge < -0.3 is 10.1 Å². The quantitative estimate of drug-likeness (QED) is 0.496. The Kier molecular flexibility index (Phi) is 5.38. The highest BCUT2D eigenvalue weighted by atomic mass is 16.5. The molecule has 2 aromatic carbocycles. The van der Waals surface area contributed by atoms with E-state index in [-0.39, 0.29) is 5.91 Å². The molecule has 0 bridgehead atoms. The summed E-state index contributed by atoms with van der Waals surface area (Å²) >= 11 is 0. The lowest BCUT2D eigenvalue weighted by Crippen LogP contribution is -2.43. The van der Waals surface area contributed by atoms with E-state index in [0.29, 0.717) is 19.3 Å². The molecule has 0 radical (unpaired) electrons. The van der Waals surface area contributed by atoms with Crippen molar-refractivity contribution in [2.24, 2.45) is 0 Å². The summed E-state index contributed by atoms with van der Waals surface area (Å²) in [5, 5.41) is 2.87. The number of esters is 1. The number of methoxy groups -OCH3 is 1. The molecule has 4 nitrogen and oxygen atoms in total. The number of carbonyl (C=O) groups is 2. The van der Waals surface area contributed by atoms with E-state index in [4.69, 9.17) is 11.2 Å². The molecule has 1 amide bonds. The maximum absolute atomic E-state index is 13.1. The van der Waals surface area contributed by atoms with Gasteiger partial charge in [-0.25, -0.2) is 4.79 Å². The molecule has 3 rings (SSSR count). The van der Waals surface area contributed by atoms with Gasteiger partial charge in [0.15, 0.2) is 0 Å². The fourth-order valence-corrected chi connectivity index (χ4v) is 3.49. The molecule has 0 unspecified atom stereocenters. The van der Waals surface area contributed by atoms with Crippen LogP contribution in [-0.2, 0) is 14.3 Å². The van der Waals surface area contributed by atoms with Crippen LogP contribution >= 0.6 is 0 Å². The van der Waals surface area contributed by atoms with E-state index < -0.39 is 17.9 Å². The predicted octanol–water partition coefficient (Wildman–Crippen LogP) is 3.26. The number of unbranched alkanes of at least 4 members (excludes halogenated alkanes) is 1. The summed E-state index contributed by atoms with van der Waals surface area (Å²) in [6.45, 7) is 0. The molecule has 0 spiro atoms. The third kappa shape index (κ3) is 3.34. The first-order chi connectivity index (χ1) is 12.7. The van der Waals surface area contributed by atoms with Crippen LogP contribution in [0.5, 0.6) is 0 Å². The van der Waals surface area contributed by atoms with Crippen LogP contribution in [0, 0.1) is 12.3 Å². The van der Waals surface area contributed by atoms with Crippen LogP contribution in [0.2, 0.25) is 0 Å². The number of rotatable bonds is 6. The standard InChI is InChI=1S/C22H21NO3/c1-3-4-5-14-19(22(25)26-2)23-21(24)20-17-12-8-6-10-15(17)16-11-7-9-13-18(16)20/h1,6-13,19-20H,4-5,14H2,2H3,(H,23,24)/t19-/m1/s1. The van der Waals surface area contributed by atoms with Gasteiger partial charge in [0.1, 0.15) is 6.04 Å². The van der Waals surface area contributed by atoms with Gasteiger partial charge in [-0.2, -0.15) is 0 Å². The lowest BCUT2D eigenvalue weighted by atomic mass is 9.95. The normalized spacial score (nSPS) is 13.2. The van der Waals surface area contributed by atoms with Crippen LogP contribution in [0.3, 0.4) is 0 Å². The molecule has 0 aromatic heterocycles. The monoisotopic (exact) mass is 347 g/mol. The first-order valence-electron chi connectivity index (χ1n) is 8.67. The molecule has 0 fully saturated rings. The van der Waals surface area contributed by atoms with Crippen LogP contribution in [0.15, 0.2) is 48.5 Å². The molecule has 2 aromatic rings. The lowest BCUT2D eigenvalue weighted by molar-refractivity contribution is -0.145. The molecule has 1 atom stereocenters. The number of amides is 1. The topological polar surface area (TPSA) is 55.4 Å². The fourth-order valence-electron chi connectivity index (χ4n) is 3.49. The van der Waals surface area contributed by atoms with Crippen LogP contribution < -0.4 is 5.32 Å². The van der Waals surface area contributed by atoms with Crippen molar-refractivity contribution in [1.82, 2.24) is 5.32 Å². The van der Waals surface area contributed by atoms with Crippen LogP contribution in [0.4, 0.5) is 0 Å². The molecule has 132 valence electrons. The first kappa shape index (κ1) is 17.8. The predicted molar refractivity (Wildman–Crippen MR) is 100 cm³/mol. The van der Waals surface area contributed by atoms with Crippen molar-refractivity contribution < 1.29 is 14.3 Å². The zero-order valence-corrected chi connectivity index (χ0v) is 14.7. The van der Waals surface area contributed by atoms with Gasteiger partial charge in [0.25, 0.3) is 0 Å². The summed E-state index contributed by atoms with van der Waals surface area (Å²) in [6.07, 6.45) is 6.94. The molecule has 0 saturated carbocycles. The summed E-state index contributed by atoms with van der Waals surface area (Å²) in [7, 11) is 1.32. The molecule has 0 heterocycles. The van der Waals surface area contributed by atoms with Crippen LogP contribution in [-0.4, -0.2) is 25.0 Å². The molecule has 1 aliphatic carbocycles.